The first-order valence-electron chi connectivity index (χ1n) is 7.55. The number of sulfone groups is 1. The molecule has 2 aromatic carbocycles. The van der Waals surface area contributed by atoms with Gasteiger partial charge in [0.2, 0.25) is 0 Å². The number of halogens is 2. The number of aromatic nitrogens is 2. The maximum absolute atomic E-state index is 12.9. The summed E-state index contributed by atoms with van der Waals surface area (Å²) in [6, 6.07) is 13.3. The Morgan fingerprint density at radius 1 is 1.15 bits per heavy atom. The molecule has 134 valence electrons. The predicted molar refractivity (Wildman–Crippen MR) is 106 cm³/mol. The Bertz CT molecular complexity index is 1130. The summed E-state index contributed by atoms with van der Waals surface area (Å²) in [7, 11) is -3.28. The van der Waals surface area contributed by atoms with Crippen LogP contribution in [0.5, 0.6) is 0 Å². The Morgan fingerprint density at radius 3 is 2.42 bits per heavy atom. The summed E-state index contributed by atoms with van der Waals surface area (Å²) in [6.45, 7) is 0. The first kappa shape index (κ1) is 18.8. The lowest BCUT2D eigenvalue weighted by Gasteiger charge is -2.11. The summed E-state index contributed by atoms with van der Waals surface area (Å²) >= 11 is 9.36. The van der Waals surface area contributed by atoms with E-state index in [1.807, 2.05) is 0 Å². The van der Waals surface area contributed by atoms with Gasteiger partial charge in [0.1, 0.15) is 0 Å². The maximum atomic E-state index is 12.9. The van der Waals surface area contributed by atoms with Crippen LogP contribution < -0.4 is 5.56 Å². The summed E-state index contributed by atoms with van der Waals surface area (Å²) < 4.78 is 24.5. The second-order valence-electron chi connectivity index (χ2n) is 5.66. The van der Waals surface area contributed by atoms with E-state index in [0.717, 1.165) is 11.8 Å². The van der Waals surface area contributed by atoms with E-state index in [0.29, 0.717) is 27.2 Å². The van der Waals surface area contributed by atoms with Gasteiger partial charge in [0, 0.05) is 27.7 Å². The third kappa shape index (κ3) is 3.75. The molecule has 1 heterocycles. The first-order valence-corrected chi connectivity index (χ1v) is 10.9. The van der Waals surface area contributed by atoms with E-state index in [9.17, 15) is 13.2 Å². The van der Waals surface area contributed by atoms with Gasteiger partial charge >= 0.3 is 0 Å². The number of hydrogen-bond acceptors (Lipinski definition) is 4. The van der Waals surface area contributed by atoms with E-state index < -0.39 is 9.84 Å². The summed E-state index contributed by atoms with van der Waals surface area (Å²) in [5.41, 5.74) is 2.18. The lowest BCUT2D eigenvalue weighted by atomic mass is 10.0. The fraction of sp³-hybridized carbons (Fsp3) is 0.111. The number of rotatable bonds is 4. The van der Waals surface area contributed by atoms with Crippen LogP contribution in [0.4, 0.5) is 0 Å². The number of hydrogen-bond donors (Lipinski definition) is 0. The highest BCUT2D eigenvalue weighted by Gasteiger charge is 2.14. The van der Waals surface area contributed by atoms with Gasteiger partial charge in [-0.05, 0) is 35.9 Å². The van der Waals surface area contributed by atoms with Gasteiger partial charge < -0.3 is 0 Å². The van der Waals surface area contributed by atoms with Gasteiger partial charge in [0.15, 0.2) is 9.84 Å². The molecule has 0 saturated carbocycles. The van der Waals surface area contributed by atoms with Gasteiger partial charge in [0.25, 0.3) is 5.56 Å². The molecule has 0 bridgehead atoms. The van der Waals surface area contributed by atoms with Crippen molar-refractivity contribution in [2.45, 2.75) is 10.2 Å². The van der Waals surface area contributed by atoms with E-state index in [1.54, 1.807) is 42.6 Å². The molecule has 0 amide bonds. The fourth-order valence-corrected chi connectivity index (χ4v) is 3.90. The van der Waals surface area contributed by atoms with Crippen LogP contribution >= 0.6 is 27.5 Å². The van der Waals surface area contributed by atoms with Gasteiger partial charge in [-0.1, -0.05) is 45.7 Å². The molecule has 0 unspecified atom stereocenters. The van der Waals surface area contributed by atoms with Gasteiger partial charge in [0.05, 0.1) is 16.8 Å². The Balaban J connectivity index is 2.13. The normalized spacial score (nSPS) is 11.5. The third-order valence-electron chi connectivity index (χ3n) is 3.86. The van der Waals surface area contributed by atoms with Gasteiger partial charge in [-0.25, -0.2) is 8.42 Å². The molecule has 0 fully saturated rings. The molecular weight excluding hydrogens is 440 g/mol. The van der Waals surface area contributed by atoms with Crippen molar-refractivity contribution in [1.29, 1.82) is 0 Å². The largest absolute Gasteiger partial charge is 0.276 e. The highest BCUT2D eigenvalue weighted by Crippen LogP contribution is 2.24. The number of nitrogens with zero attached hydrogens (tertiary/aromatic N) is 2. The third-order valence-corrected chi connectivity index (χ3v) is 5.78. The Kier molecular flexibility index (Phi) is 5.32. The van der Waals surface area contributed by atoms with Crippen LogP contribution in [0.1, 0.15) is 5.56 Å². The van der Waals surface area contributed by atoms with Crippen molar-refractivity contribution in [3.05, 3.63) is 75.7 Å². The zero-order chi connectivity index (χ0) is 18.9. The average molecular weight is 454 g/mol. The van der Waals surface area contributed by atoms with Crippen LogP contribution in [0.2, 0.25) is 5.02 Å². The molecule has 0 radical (unpaired) electrons. The van der Waals surface area contributed by atoms with Crippen LogP contribution in [0.25, 0.3) is 16.8 Å². The van der Waals surface area contributed by atoms with E-state index >= 15 is 0 Å². The predicted octanol–water partition coefficient (Wildman–Crippen LogP) is 3.85. The van der Waals surface area contributed by atoms with Crippen LogP contribution in [0.3, 0.4) is 0 Å². The molecule has 0 N–H and O–H groups in total. The van der Waals surface area contributed by atoms with Crippen LogP contribution in [0, 0.1) is 0 Å². The molecule has 1 aromatic heterocycles. The molecule has 0 aliphatic carbocycles. The molecule has 3 aromatic rings. The van der Waals surface area contributed by atoms with Crippen molar-refractivity contribution in [1.82, 2.24) is 9.78 Å². The molecule has 5 nitrogen and oxygen atoms in total. The SMILES string of the molecule is CS(=O)(=O)c1ccc(-c2cnn(-c3cccc(Cl)c3)c(=O)c2CBr)cc1. The Morgan fingerprint density at radius 2 is 1.85 bits per heavy atom. The zero-order valence-corrected chi connectivity index (χ0v) is 16.8. The molecule has 0 aliphatic heterocycles. The molecule has 0 saturated heterocycles. The van der Waals surface area contributed by atoms with Crippen molar-refractivity contribution in [3.63, 3.8) is 0 Å². The lowest BCUT2D eigenvalue weighted by Crippen LogP contribution is -2.24. The smallest absolute Gasteiger partial charge is 0.267 e. The van der Waals surface area contributed by atoms with Crippen molar-refractivity contribution >= 4 is 37.4 Å². The second-order valence-corrected chi connectivity index (χ2v) is 8.68. The van der Waals surface area contributed by atoms with Gasteiger partial charge in [-0.3, -0.25) is 4.79 Å². The minimum Gasteiger partial charge on any atom is -0.267 e. The highest BCUT2D eigenvalue weighted by atomic mass is 79.9. The molecule has 0 spiro atoms. The van der Waals surface area contributed by atoms with Gasteiger partial charge in [-0.15, -0.1) is 0 Å². The Labute approximate surface area is 164 Å². The van der Waals surface area contributed by atoms with Crippen molar-refractivity contribution in [3.8, 4) is 16.8 Å². The fourth-order valence-electron chi connectivity index (χ4n) is 2.54. The summed E-state index contributed by atoms with van der Waals surface area (Å²) in [6.07, 6.45) is 2.74. The summed E-state index contributed by atoms with van der Waals surface area (Å²) in [5.74, 6) is 0. The topological polar surface area (TPSA) is 69.0 Å². The van der Waals surface area contributed by atoms with Crippen molar-refractivity contribution in [2.24, 2.45) is 0 Å². The van der Waals surface area contributed by atoms with Crippen LogP contribution in [-0.2, 0) is 15.2 Å². The summed E-state index contributed by atoms with van der Waals surface area (Å²) in [5, 5.41) is 5.09. The van der Waals surface area contributed by atoms with E-state index in [1.165, 1.54) is 16.8 Å². The number of alkyl halides is 1. The lowest BCUT2D eigenvalue weighted by molar-refractivity contribution is 0.602. The number of benzene rings is 2. The monoisotopic (exact) mass is 452 g/mol. The minimum absolute atomic E-state index is 0.224. The first-order chi connectivity index (χ1) is 12.3. The molecule has 26 heavy (non-hydrogen) atoms. The second kappa shape index (κ2) is 7.34. The molecule has 3 rings (SSSR count). The average Bonchev–Trinajstić information content (AvgIpc) is 2.60. The quantitative estimate of drug-likeness (QED) is 0.563. The minimum atomic E-state index is -3.28. The van der Waals surface area contributed by atoms with Gasteiger partial charge in [-0.2, -0.15) is 9.78 Å². The maximum Gasteiger partial charge on any atom is 0.276 e. The van der Waals surface area contributed by atoms with E-state index in [4.69, 9.17) is 11.6 Å². The standard InChI is InChI=1S/C18H14BrClN2O3S/c1-26(24,25)15-7-5-12(6-8-15)17-11-21-22(18(23)16(17)10-19)14-4-2-3-13(20)9-14/h2-9,11H,10H2,1H3. The Hall–Kier alpha value is -1.96. The molecule has 0 atom stereocenters. The van der Waals surface area contributed by atoms with Crippen LogP contribution in [0.15, 0.2) is 64.4 Å². The molecular formula is C18H14BrClN2O3S. The molecule has 0 aliphatic rings. The highest BCUT2D eigenvalue weighted by molar-refractivity contribution is 9.08. The summed E-state index contributed by atoms with van der Waals surface area (Å²) in [4.78, 5) is 13.1. The molecule has 8 heteroatoms. The van der Waals surface area contributed by atoms with Crippen LogP contribution in [-0.4, -0.2) is 24.5 Å². The van der Waals surface area contributed by atoms with Crippen molar-refractivity contribution < 1.29 is 8.42 Å². The van der Waals surface area contributed by atoms with E-state index in [-0.39, 0.29) is 10.5 Å². The van der Waals surface area contributed by atoms with E-state index in [2.05, 4.69) is 21.0 Å². The zero-order valence-electron chi connectivity index (χ0n) is 13.7. The van der Waals surface area contributed by atoms with Crippen molar-refractivity contribution in [2.75, 3.05) is 6.26 Å².